The Hall–Kier alpha value is -0.940. The van der Waals surface area contributed by atoms with Crippen molar-refractivity contribution < 1.29 is 9.47 Å². The molecule has 0 amide bonds. The van der Waals surface area contributed by atoms with Gasteiger partial charge in [0, 0.05) is 9.13 Å². The highest BCUT2D eigenvalue weighted by atomic mass is 127. The van der Waals surface area contributed by atoms with Crippen LogP contribution >= 0.6 is 34.2 Å². The summed E-state index contributed by atoms with van der Waals surface area (Å²) in [6.07, 6.45) is 0. The first-order valence-corrected chi connectivity index (χ1v) is 7.45. The molecule has 0 bridgehead atoms. The maximum absolute atomic E-state index is 5.93. The van der Waals surface area contributed by atoms with Gasteiger partial charge in [-0.25, -0.2) is 0 Å². The Morgan fingerprint density at radius 3 is 2.47 bits per heavy atom. The molecule has 100 valence electrons. The molecule has 0 aliphatic heterocycles. The van der Waals surface area contributed by atoms with E-state index in [-0.39, 0.29) is 0 Å². The summed E-state index contributed by atoms with van der Waals surface area (Å²) < 4.78 is 12.4. The second kappa shape index (κ2) is 7.01. The first-order valence-electron chi connectivity index (χ1n) is 5.83. The van der Waals surface area contributed by atoms with Crippen LogP contribution < -0.4 is 9.47 Å². The van der Waals surface area contributed by atoms with Gasteiger partial charge in [0.15, 0.2) is 11.5 Å². The third-order valence-electron chi connectivity index (χ3n) is 2.72. The zero-order valence-corrected chi connectivity index (χ0v) is 13.4. The van der Waals surface area contributed by atoms with Crippen LogP contribution in [0, 0.1) is 3.57 Å². The van der Waals surface area contributed by atoms with Gasteiger partial charge in [0.05, 0.1) is 13.0 Å². The SMILES string of the molecule is COc1cccc(CCl)c1OCc1ccc(I)cc1. The molecule has 0 fully saturated rings. The summed E-state index contributed by atoms with van der Waals surface area (Å²) in [4.78, 5) is 0. The Balaban J connectivity index is 2.16. The molecule has 0 N–H and O–H groups in total. The summed E-state index contributed by atoms with van der Waals surface area (Å²) in [5.41, 5.74) is 2.05. The number of hydrogen-bond donors (Lipinski definition) is 0. The Morgan fingerprint density at radius 1 is 1.11 bits per heavy atom. The number of hydrogen-bond acceptors (Lipinski definition) is 2. The molecule has 0 aliphatic rings. The van der Waals surface area contributed by atoms with Crippen molar-refractivity contribution in [1.82, 2.24) is 0 Å². The third-order valence-corrected chi connectivity index (χ3v) is 3.73. The van der Waals surface area contributed by atoms with Crippen LogP contribution in [0.15, 0.2) is 42.5 Å². The molecule has 0 atom stereocenters. The van der Waals surface area contributed by atoms with Gasteiger partial charge in [-0.05, 0) is 46.4 Å². The maximum Gasteiger partial charge on any atom is 0.166 e. The van der Waals surface area contributed by atoms with Crippen molar-refractivity contribution in [1.29, 1.82) is 0 Å². The molecule has 0 radical (unpaired) electrons. The molecular weight excluding hydrogens is 375 g/mol. The Labute approximate surface area is 131 Å². The predicted octanol–water partition coefficient (Wildman–Crippen LogP) is 4.62. The van der Waals surface area contributed by atoms with Crippen molar-refractivity contribution in [3.05, 3.63) is 57.2 Å². The average molecular weight is 389 g/mol. The van der Waals surface area contributed by atoms with Gasteiger partial charge < -0.3 is 9.47 Å². The standard InChI is InChI=1S/C15H14ClIO2/c1-18-14-4-2-3-12(9-16)15(14)19-10-11-5-7-13(17)8-6-11/h2-8H,9-10H2,1H3. The van der Waals surface area contributed by atoms with Crippen LogP contribution in [0.3, 0.4) is 0 Å². The first kappa shape index (κ1) is 14.5. The van der Waals surface area contributed by atoms with Gasteiger partial charge in [0.2, 0.25) is 0 Å². The lowest BCUT2D eigenvalue weighted by Crippen LogP contribution is -2.00. The number of rotatable bonds is 5. The van der Waals surface area contributed by atoms with E-state index in [0.717, 1.165) is 16.9 Å². The summed E-state index contributed by atoms with van der Waals surface area (Å²) in [5, 5.41) is 0. The summed E-state index contributed by atoms with van der Waals surface area (Å²) in [5.74, 6) is 1.83. The minimum atomic E-state index is 0.402. The number of halogens is 2. The summed E-state index contributed by atoms with van der Waals surface area (Å²) >= 11 is 8.21. The quantitative estimate of drug-likeness (QED) is 0.550. The van der Waals surface area contributed by atoms with Gasteiger partial charge in [-0.3, -0.25) is 0 Å². The molecule has 0 heterocycles. The molecule has 0 saturated carbocycles. The highest BCUT2D eigenvalue weighted by Gasteiger charge is 2.09. The van der Waals surface area contributed by atoms with Crippen LogP contribution in [-0.2, 0) is 12.5 Å². The molecule has 19 heavy (non-hydrogen) atoms. The van der Waals surface area contributed by atoms with E-state index in [1.165, 1.54) is 3.57 Å². The minimum Gasteiger partial charge on any atom is -0.493 e. The fourth-order valence-corrected chi connectivity index (χ4v) is 2.30. The largest absolute Gasteiger partial charge is 0.493 e. The van der Waals surface area contributed by atoms with Crippen molar-refractivity contribution in [2.45, 2.75) is 12.5 Å². The lowest BCUT2D eigenvalue weighted by Gasteiger charge is -2.14. The second-order valence-corrected chi connectivity index (χ2v) is 5.51. The Kier molecular flexibility index (Phi) is 5.34. The van der Waals surface area contributed by atoms with Crippen LogP contribution in [-0.4, -0.2) is 7.11 Å². The van der Waals surface area contributed by atoms with E-state index in [1.54, 1.807) is 7.11 Å². The smallest absolute Gasteiger partial charge is 0.166 e. The molecule has 2 aromatic rings. The van der Waals surface area contributed by atoms with E-state index in [1.807, 2.05) is 18.2 Å². The second-order valence-electron chi connectivity index (χ2n) is 4.00. The van der Waals surface area contributed by atoms with Crippen molar-refractivity contribution >= 4 is 34.2 Å². The lowest BCUT2D eigenvalue weighted by molar-refractivity contribution is 0.282. The van der Waals surface area contributed by atoms with Gasteiger partial charge >= 0.3 is 0 Å². The van der Waals surface area contributed by atoms with Crippen molar-refractivity contribution in [2.24, 2.45) is 0 Å². The molecule has 2 nitrogen and oxygen atoms in total. The molecule has 0 unspecified atom stereocenters. The Morgan fingerprint density at radius 2 is 1.84 bits per heavy atom. The maximum atomic E-state index is 5.93. The summed E-state index contributed by atoms with van der Waals surface area (Å²) in [7, 11) is 1.63. The highest BCUT2D eigenvalue weighted by molar-refractivity contribution is 14.1. The van der Waals surface area contributed by atoms with Crippen LogP contribution in [0.5, 0.6) is 11.5 Å². The van der Waals surface area contributed by atoms with Gasteiger partial charge in [-0.1, -0.05) is 24.3 Å². The van der Waals surface area contributed by atoms with E-state index in [0.29, 0.717) is 18.2 Å². The Bertz CT molecular complexity index is 518. The van der Waals surface area contributed by atoms with E-state index in [2.05, 4.69) is 46.9 Å². The highest BCUT2D eigenvalue weighted by Crippen LogP contribution is 2.32. The number of ether oxygens (including phenoxy) is 2. The number of para-hydroxylation sites is 1. The number of alkyl halides is 1. The van der Waals surface area contributed by atoms with Crippen LogP contribution in [0.25, 0.3) is 0 Å². The van der Waals surface area contributed by atoms with E-state index in [4.69, 9.17) is 21.1 Å². The lowest BCUT2D eigenvalue weighted by atomic mass is 10.2. The molecule has 2 rings (SSSR count). The van der Waals surface area contributed by atoms with Gasteiger partial charge in [0.1, 0.15) is 6.61 Å². The minimum absolute atomic E-state index is 0.402. The number of benzene rings is 2. The molecular formula is C15H14ClIO2. The van der Waals surface area contributed by atoms with Crippen LogP contribution in [0.4, 0.5) is 0 Å². The molecule has 0 spiro atoms. The summed E-state index contributed by atoms with van der Waals surface area (Å²) in [6.45, 7) is 0.501. The zero-order chi connectivity index (χ0) is 13.7. The zero-order valence-electron chi connectivity index (χ0n) is 10.5. The predicted molar refractivity (Wildman–Crippen MR) is 86.0 cm³/mol. The molecule has 0 aliphatic carbocycles. The van der Waals surface area contributed by atoms with Crippen molar-refractivity contribution in [3.8, 4) is 11.5 Å². The fraction of sp³-hybridized carbons (Fsp3) is 0.200. The molecule has 0 saturated heterocycles. The molecule has 4 heteroatoms. The van der Waals surface area contributed by atoms with Gasteiger partial charge in [-0.15, -0.1) is 11.6 Å². The topological polar surface area (TPSA) is 18.5 Å². The van der Waals surface area contributed by atoms with E-state index >= 15 is 0 Å². The van der Waals surface area contributed by atoms with E-state index in [9.17, 15) is 0 Å². The monoisotopic (exact) mass is 388 g/mol. The normalized spacial score (nSPS) is 10.3. The molecule has 0 aromatic heterocycles. The number of methoxy groups -OCH3 is 1. The molecule has 2 aromatic carbocycles. The van der Waals surface area contributed by atoms with Crippen LogP contribution in [0.1, 0.15) is 11.1 Å². The summed E-state index contributed by atoms with van der Waals surface area (Å²) in [6, 6.07) is 14.0. The van der Waals surface area contributed by atoms with Crippen molar-refractivity contribution in [3.63, 3.8) is 0 Å². The average Bonchev–Trinajstić information content (AvgIpc) is 2.46. The first-order chi connectivity index (χ1) is 9.24. The third kappa shape index (κ3) is 3.76. The van der Waals surface area contributed by atoms with Crippen molar-refractivity contribution in [2.75, 3.05) is 7.11 Å². The van der Waals surface area contributed by atoms with E-state index < -0.39 is 0 Å². The van der Waals surface area contributed by atoms with Gasteiger partial charge in [0.25, 0.3) is 0 Å². The van der Waals surface area contributed by atoms with Gasteiger partial charge in [-0.2, -0.15) is 0 Å². The van der Waals surface area contributed by atoms with Crippen LogP contribution in [0.2, 0.25) is 0 Å². The fourth-order valence-electron chi connectivity index (χ4n) is 1.73.